The smallest absolute Gasteiger partial charge is 0.184 e. The summed E-state index contributed by atoms with van der Waals surface area (Å²) in [6.07, 6.45) is -1.60. The molecule has 8 heteroatoms. The quantitative estimate of drug-likeness (QED) is 0.410. The third-order valence-electron chi connectivity index (χ3n) is 1.93. The number of hydrogen-bond acceptors (Lipinski definition) is 8. The molecule has 16 heavy (non-hydrogen) atoms. The molecular weight excluding hydrogens is 218 g/mol. The third-order valence-corrected chi connectivity index (χ3v) is 1.93. The van der Waals surface area contributed by atoms with Gasteiger partial charge in [0.2, 0.25) is 0 Å². The van der Waals surface area contributed by atoms with Gasteiger partial charge in [-0.3, -0.25) is 0 Å². The highest BCUT2D eigenvalue weighted by Gasteiger charge is 2.41. The minimum Gasteiger partial charge on any atom is -0.394 e. The van der Waals surface area contributed by atoms with E-state index in [1.165, 1.54) is 0 Å². The first-order valence-corrected chi connectivity index (χ1v) is 4.55. The van der Waals surface area contributed by atoms with Crippen LogP contribution >= 0.6 is 0 Å². The average Bonchev–Trinajstić information content (AvgIpc) is 2.59. The van der Waals surface area contributed by atoms with Crippen LogP contribution in [0.3, 0.4) is 0 Å². The number of aliphatic hydroxyl groups excluding tert-OH is 4. The third kappa shape index (κ3) is 3.43. The Morgan fingerprint density at radius 3 is 1.88 bits per heavy atom. The summed E-state index contributed by atoms with van der Waals surface area (Å²) in [5, 5.41) is 45.1. The fourth-order valence-electron chi connectivity index (χ4n) is 1.08. The molecule has 90 valence electrons. The van der Waals surface area contributed by atoms with E-state index in [0.717, 1.165) is 0 Å². The molecule has 1 aromatic rings. The molecule has 0 bridgehead atoms. The summed E-state index contributed by atoms with van der Waals surface area (Å²) < 4.78 is 4.54. The Morgan fingerprint density at radius 1 is 1.06 bits per heavy atom. The molecule has 1 saturated heterocycles. The molecule has 0 aliphatic carbocycles. The zero-order valence-electron chi connectivity index (χ0n) is 8.29. The van der Waals surface area contributed by atoms with Crippen molar-refractivity contribution in [2.24, 2.45) is 0 Å². The van der Waals surface area contributed by atoms with Gasteiger partial charge in [0.1, 0.15) is 18.3 Å². The summed E-state index contributed by atoms with van der Waals surface area (Å²) in [5.41, 5.74) is 0. The van der Waals surface area contributed by atoms with E-state index >= 15 is 0 Å². The largest absolute Gasteiger partial charge is 0.394 e. The normalized spacial score (nSPS) is 33.0. The molecule has 0 aromatic carbocycles. The fraction of sp³-hybridized carbons (Fsp3) is 0.625. The number of rotatable bonds is 1. The summed E-state index contributed by atoms with van der Waals surface area (Å²) in [6, 6.07) is 1.72. The number of nitrogens with zero attached hydrogens (tertiary/aromatic N) is 3. The van der Waals surface area contributed by atoms with E-state index in [2.05, 4.69) is 20.1 Å². The van der Waals surface area contributed by atoms with Gasteiger partial charge in [-0.2, -0.15) is 0 Å². The standard InChI is InChI=1S/C5H10O5.C3H3N3/c6-1-2-3(7)4(8)5(9)10-2;1-2-4-6-5-3-1/h2-9H,1H2;1-3H/t2-,3-,4-,5-;/m1./s1. The van der Waals surface area contributed by atoms with Crippen LogP contribution in [0.1, 0.15) is 0 Å². The first-order chi connectivity index (χ1) is 7.66. The van der Waals surface area contributed by atoms with Crippen LogP contribution < -0.4 is 0 Å². The van der Waals surface area contributed by atoms with Gasteiger partial charge in [0.15, 0.2) is 6.29 Å². The van der Waals surface area contributed by atoms with E-state index < -0.39 is 31.2 Å². The van der Waals surface area contributed by atoms with Crippen LogP contribution in [0.5, 0.6) is 0 Å². The van der Waals surface area contributed by atoms with Crippen LogP contribution in [0.15, 0.2) is 18.5 Å². The van der Waals surface area contributed by atoms with E-state index in [1.54, 1.807) is 18.5 Å². The van der Waals surface area contributed by atoms with Crippen LogP contribution in [0, 0.1) is 0 Å². The minimum absolute atomic E-state index is 0.407. The molecule has 2 rings (SSSR count). The molecule has 0 unspecified atom stereocenters. The Kier molecular flexibility index (Phi) is 5.15. The molecule has 0 saturated carbocycles. The maximum atomic E-state index is 8.93. The van der Waals surface area contributed by atoms with E-state index in [0.29, 0.717) is 0 Å². The predicted molar refractivity (Wildman–Crippen MR) is 49.8 cm³/mol. The molecule has 1 aromatic heterocycles. The number of ether oxygens (including phenoxy) is 1. The summed E-state index contributed by atoms with van der Waals surface area (Å²) in [4.78, 5) is 0. The molecule has 8 nitrogen and oxygen atoms in total. The topological polar surface area (TPSA) is 129 Å². The molecule has 0 radical (unpaired) electrons. The van der Waals surface area contributed by atoms with Crippen molar-refractivity contribution in [3.63, 3.8) is 0 Å². The monoisotopic (exact) mass is 231 g/mol. The van der Waals surface area contributed by atoms with Crippen LogP contribution in [0.4, 0.5) is 0 Å². The van der Waals surface area contributed by atoms with E-state index in [4.69, 9.17) is 20.4 Å². The van der Waals surface area contributed by atoms with Gasteiger partial charge in [0.25, 0.3) is 0 Å². The number of hydrogen-bond donors (Lipinski definition) is 4. The lowest BCUT2D eigenvalue weighted by Crippen LogP contribution is -2.33. The number of aliphatic hydroxyl groups is 4. The van der Waals surface area contributed by atoms with Gasteiger partial charge in [-0.25, -0.2) is 0 Å². The van der Waals surface area contributed by atoms with Gasteiger partial charge in [-0.1, -0.05) is 0 Å². The van der Waals surface area contributed by atoms with E-state index in [9.17, 15) is 0 Å². The second-order valence-corrected chi connectivity index (χ2v) is 3.04. The molecule has 4 atom stereocenters. The predicted octanol–water partition coefficient (Wildman–Crippen LogP) is -2.71. The molecule has 0 amide bonds. The SMILES string of the molecule is OC[C@H]1O[C@@H](O)[C@H](O)[C@@H]1O.c1cnnnc1. The van der Waals surface area contributed by atoms with Crippen molar-refractivity contribution in [1.82, 2.24) is 15.4 Å². The van der Waals surface area contributed by atoms with Gasteiger partial charge < -0.3 is 25.2 Å². The van der Waals surface area contributed by atoms with Crippen molar-refractivity contribution in [1.29, 1.82) is 0 Å². The fourth-order valence-corrected chi connectivity index (χ4v) is 1.08. The van der Waals surface area contributed by atoms with Gasteiger partial charge in [0, 0.05) is 0 Å². The minimum atomic E-state index is -1.38. The lowest BCUT2D eigenvalue weighted by molar-refractivity contribution is -0.132. The van der Waals surface area contributed by atoms with Crippen molar-refractivity contribution < 1.29 is 25.2 Å². The summed E-state index contributed by atoms with van der Waals surface area (Å²) in [7, 11) is 0. The Labute approximate surface area is 91.1 Å². The first-order valence-electron chi connectivity index (χ1n) is 4.55. The van der Waals surface area contributed by atoms with Crippen molar-refractivity contribution >= 4 is 0 Å². The number of aromatic nitrogens is 3. The van der Waals surface area contributed by atoms with Gasteiger partial charge >= 0.3 is 0 Å². The van der Waals surface area contributed by atoms with E-state index in [1.807, 2.05) is 0 Å². The highest BCUT2D eigenvalue weighted by molar-refractivity contribution is 4.84. The van der Waals surface area contributed by atoms with Gasteiger partial charge in [-0.15, -0.1) is 10.2 Å². The molecule has 0 spiro atoms. The zero-order chi connectivity index (χ0) is 12.0. The summed E-state index contributed by atoms with van der Waals surface area (Å²) >= 11 is 0. The molecule has 1 fully saturated rings. The van der Waals surface area contributed by atoms with Crippen molar-refractivity contribution in [3.05, 3.63) is 18.5 Å². The zero-order valence-corrected chi connectivity index (χ0v) is 8.29. The molecule has 4 N–H and O–H groups in total. The Bertz CT molecular complexity index is 262. The lowest BCUT2D eigenvalue weighted by atomic mass is 10.1. The Balaban J connectivity index is 0.000000181. The maximum Gasteiger partial charge on any atom is 0.184 e. The van der Waals surface area contributed by atoms with Gasteiger partial charge in [-0.05, 0) is 11.3 Å². The first kappa shape index (κ1) is 12.9. The highest BCUT2D eigenvalue weighted by Crippen LogP contribution is 2.18. The van der Waals surface area contributed by atoms with Crippen LogP contribution in [0.2, 0.25) is 0 Å². The Morgan fingerprint density at radius 2 is 1.69 bits per heavy atom. The average molecular weight is 231 g/mol. The maximum absolute atomic E-state index is 8.93. The van der Waals surface area contributed by atoms with Crippen LogP contribution in [-0.2, 0) is 4.74 Å². The van der Waals surface area contributed by atoms with Gasteiger partial charge in [0.05, 0.1) is 19.0 Å². The summed E-state index contributed by atoms with van der Waals surface area (Å²) in [5.74, 6) is 0. The van der Waals surface area contributed by atoms with E-state index in [-0.39, 0.29) is 0 Å². The van der Waals surface area contributed by atoms with Crippen LogP contribution in [-0.4, -0.2) is 67.0 Å². The van der Waals surface area contributed by atoms with Crippen molar-refractivity contribution in [2.45, 2.75) is 24.6 Å². The summed E-state index contributed by atoms with van der Waals surface area (Å²) in [6.45, 7) is -0.407. The van der Waals surface area contributed by atoms with Crippen LogP contribution in [0.25, 0.3) is 0 Å². The van der Waals surface area contributed by atoms with Crippen molar-refractivity contribution in [2.75, 3.05) is 6.61 Å². The lowest BCUT2D eigenvalue weighted by Gasteiger charge is -2.09. The molecule has 2 heterocycles. The highest BCUT2D eigenvalue weighted by atomic mass is 16.6. The second-order valence-electron chi connectivity index (χ2n) is 3.04. The van der Waals surface area contributed by atoms with Crippen molar-refractivity contribution in [3.8, 4) is 0 Å². The molecule has 1 aliphatic heterocycles. The molecular formula is C8H13N3O5. The Hall–Kier alpha value is -1.19. The second kappa shape index (κ2) is 6.40. The molecule has 1 aliphatic rings.